The summed E-state index contributed by atoms with van der Waals surface area (Å²) >= 11 is 0. The Hall–Kier alpha value is -2.30. The summed E-state index contributed by atoms with van der Waals surface area (Å²) in [6.07, 6.45) is 5.62. The van der Waals surface area contributed by atoms with E-state index >= 15 is 0 Å². The Morgan fingerprint density at radius 3 is 2.25 bits per heavy atom. The second kappa shape index (κ2) is 5.65. The monoisotopic (exact) mass is 324 g/mol. The number of fused-ring (bicyclic) bond motifs is 4. The van der Waals surface area contributed by atoms with Crippen molar-refractivity contribution >= 4 is 6.08 Å². The van der Waals surface area contributed by atoms with Crippen molar-refractivity contribution in [2.24, 2.45) is 0 Å². The van der Waals surface area contributed by atoms with E-state index in [1.807, 2.05) is 6.08 Å². The van der Waals surface area contributed by atoms with Gasteiger partial charge >= 0.3 is 0 Å². The summed E-state index contributed by atoms with van der Waals surface area (Å²) in [4.78, 5) is 0. The molecule has 2 aliphatic rings. The maximum Gasteiger partial charge on any atom is 0.158 e. The zero-order valence-corrected chi connectivity index (χ0v) is 13.7. The Bertz CT molecular complexity index is 838. The van der Waals surface area contributed by atoms with Crippen LogP contribution in [0.5, 0.6) is 11.5 Å². The van der Waals surface area contributed by atoms with Gasteiger partial charge in [0.05, 0.1) is 0 Å². The highest BCUT2D eigenvalue weighted by molar-refractivity contribution is 5.79. The maximum atomic E-state index is 9.89. The van der Waals surface area contributed by atoms with Gasteiger partial charge in [-0.05, 0) is 64.4 Å². The average Bonchev–Trinajstić information content (AvgIpc) is 2.60. The summed E-state index contributed by atoms with van der Waals surface area (Å²) in [6.45, 7) is 0. The SMILES string of the molecule is COC1C=Cc2cc3c(cc2C1OC)CCc1cc(O)c(O)cc1-3. The Morgan fingerprint density at radius 2 is 1.54 bits per heavy atom. The van der Waals surface area contributed by atoms with Gasteiger partial charge in [-0.2, -0.15) is 0 Å². The molecule has 0 fully saturated rings. The third kappa shape index (κ3) is 2.22. The first kappa shape index (κ1) is 15.2. The number of aryl methyl sites for hydroxylation is 2. The predicted octanol–water partition coefficient (Wildman–Crippen LogP) is 3.59. The number of phenolic OH excluding ortho intramolecular Hbond substituents is 2. The zero-order valence-electron chi connectivity index (χ0n) is 13.7. The first-order chi connectivity index (χ1) is 11.6. The van der Waals surface area contributed by atoms with Gasteiger partial charge in [0.25, 0.3) is 0 Å². The van der Waals surface area contributed by atoms with E-state index in [0.717, 1.165) is 40.7 Å². The summed E-state index contributed by atoms with van der Waals surface area (Å²) < 4.78 is 11.2. The first-order valence-electron chi connectivity index (χ1n) is 8.08. The standard InChI is InChI=1S/C20H20O4/c1-23-19-6-5-12-7-14-11(8-16(12)20(19)24-2)3-4-13-9-17(21)18(22)10-15(13)14/h5-10,19-22H,3-4H2,1-2H3. The molecule has 4 rings (SSSR count). The normalized spacial score (nSPS) is 21.1. The summed E-state index contributed by atoms with van der Waals surface area (Å²) in [6, 6.07) is 7.67. The van der Waals surface area contributed by atoms with Crippen molar-refractivity contribution in [1.82, 2.24) is 0 Å². The maximum absolute atomic E-state index is 9.89. The molecule has 24 heavy (non-hydrogen) atoms. The predicted molar refractivity (Wildman–Crippen MR) is 92.2 cm³/mol. The number of ether oxygens (including phenoxy) is 2. The lowest BCUT2D eigenvalue weighted by atomic mass is 9.80. The Kier molecular flexibility index (Phi) is 3.59. The molecule has 0 bridgehead atoms. The van der Waals surface area contributed by atoms with E-state index in [-0.39, 0.29) is 23.7 Å². The van der Waals surface area contributed by atoms with Gasteiger partial charge in [0.2, 0.25) is 0 Å². The van der Waals surface area contributed by atoms with Crippen molar-refractivity contribution in [3.63, 3.8) is 0 Å². The number of phenols is 2. The number of hydrogen-bond donors (Lipinski definition) is 2. The zero-order chi connectivity index (χ0) is 16.8. The van der Waals surface area contributed by atoms with E-state index in [2.05, 4.69) is 18.2 Å². The van der Waals surface area contributed by atoms with Gasteiger partial charge in [0.1, 0.15) is 12.2 Å². The molecular formula is C20H20O4. The van der Waals surface area contributed by atoms with Crippen LogP contribution in [0.1, 0.15) is 28.4 Å². The third-order valence-corrected chi connectivity index (χ3v) is 5.06. The molecule has 4 nitrogen and oxygen atoms in total. The van der Waals surface area contributed by atoms with Gasteiger partial charge in [-0.1, -0.05) is 18.2 Å². The summed E-state index contributed by atoms with van der Waals surface area (Å²) in [7, 11) is 3.39. The largest absolute Gasteiger partial charge is 0.504 e. The molecule has 0 radical (unpaired) electrons. The van der Waals surface area contributed by atoms with E-state index in [1.54, 1.807) is 26.4 Å². The van der Waals surface area contributed by atoms with Crippen molar-refractivity contribution < 1.29 is 19.7 Å². The number of aromatic hydroxyl groups is 2. The van der Waals surface area contributed by atoms with Crippen LogP contribution in [0.25, 0.3) is 17.2 Å². The second-order valence-corrected chi connectivity index (χ2v) is 6.35. The minimum atomic E-state index is -0.116. The molecule has 0 aliphatic heterocycles. The third-order valence-electron chi connectivity index (χ3n) is 5.06. The summed E-state index contributed by atoms with van der Waals surface area (Å²) in [5, 5.41) is 19.6. The lowest BCUT2D eigenvalue weighted by Gasteiger charge is -2.30. The fourth-order valence-corrected chi connectivity index (χ4v) is 3.82. The number of hydrogen-bond acceptors (Lipinski definition) is 4. The second-order valence-electron chi connectivity index (χ2n) is 6.35. The van der Waals surface area contributed by atoms with Gasteiger partial charge in [0.15, 0.2) is 11.5 Å². The molecule has 0 amide bonds. The minimum absolute atomic E-state index is 0.0579. The van der Waals surface area contributed by atoms with Gasteiger partial charge in [-0.15, -0.1) is 0 Å². The topological polar surface area (TPSA) is 58.9 Å². The van der Waals surface area contributed by atoms with Gasteiger partial charge in [-0.3, -0.25) is 0 Å². The molecule has 2 aliphatic carbocycles. The molecule has 0 saturated carbocycles. The highest BCUT2D eigenvalue weighted by atomic mass is 16.5. The molecule has 0 heterocycles. The van der Waals surface area contributed by atoms with Crippen LogP contribution < -0.4 is 0 Å². The molecule has 2 atom stereocenters. The molecule has 2 unspecified atom stereocenters. The van der Waals surface area contributed by atoms with Crippen molar-refractivity contribution in [1.29, 1.82) is 0 Å². The molecule has 4 heteroatoms. The summed E-state index contributed by atoms with van der Waals surface area (Å²) in [5.74, 6) is -0.137. The Morgan fingerprint density at radius 1 is 0.875 bits per heavy atom. The van der Waals surface area contributed by atoms with Crippen LogP contribution in [0, 0.1) is 0 Å². The molecule has 2 N–H and O–H groups in total. The van der Waals surface area contributed by atoms with E-state index in [0.29, 0.717) is 0 Å². The molecule has 0 aromatic heterocycles. The van der Waals surface area contributed by atoms with Crippen LogP contribution in [-0.4, -0.2) is 30.5 Å². The highest BCUT2D eigenvalue weighted by Gasteiger charge is 2.29. The smallest absolute Gasteiger partial charge is 0.158 e. The minimum Gasteiger partial charge on any atom is -0.504 e. The van der Waals surface area contributed by atoms with E-state index in [4.69, 9.17) is 9.47 Å². The van der Waals surface area contributed by atoms with Gasteiger partial charge in [0, 0.05) is 14.2 Å². The van der Waals surface area contributed by atoms with E-state index in [1.165, 1.54) is 5.56 Å². The lowest BCUT2D eigenvalue weighted by molar-refractivity contribution is -0.0138. The van der Waals surface area contributed by atoms with Crippen molar-refractivity contribution in [3.05, 3.63) is 52.6 Å². The van der Waals surface area contributed by atoms with Crippen LogP contribution in [-0.2, 0) is 22.3 Å². The molecule has 2 aromatic rings. The lowest BCUT2D eigenvalue weighted by Crippen LogP contribution is -2.24. The molecule has 0 saturated heterocycles. The van der Waals surface area contributed by atoms with E-state index in [9.17, 15) is 10.2 Å². The quantitative estimate of drug-likeness (QED) is 0.829. The van der Waals surface area contributed by atoms with Gasteiger partial charge in [-0.25, -0.2) is 0 Å². The first-order valence-corrected chi connectivity index (χ1v) is 8.08. The molecule has 0 spiro atoms. The van der Waals surface area contributed by atoms with Crippen molar-refractivity contribution in [2.45, 2.75) is 25.0 Å². The highest BCUT2D eigenvalue weighted by Crippen LogP contribution is 2.43. The fourth-order valence-electron chi connectivity index (χ4n) is 3.82. The van der Waals surface area contributed by atoms with E-state index < -0.39 is 0 Å². The number of methoxy groups -OCH3 is 2. The fraction of sp³-hybridized carbons (Fsp3) is 0.300. The van der Waals surface area contributed by atoms with Crippen molar-refractivity contribution in [2.75, 3.05) is 14.2 Å². The van der Waals surface area contributed by atoms with Crippen LogP contribution in [0.3, 0.4) is 0 Å². The molecule has 2 aromatic carbocycles. The van der Waals surface area contributed by atoms with Crippen LogP contribution in [0.15, 0.2) is 30.3 Å². The van der Waals surface area contributed by atoms with Crippen LogP contribution >= 0.6 is 0 Å². The number of benzene rings is 2. The average molecular weight is 324 g/mol. The number of rotatable bonds is 2. The molecule has 124 valence electrons. The van der Waals surface area contributed by atoms with Crippen LogP contribution in [0.2, 0.25) is 0 Å². The van der Waals surface area contributed by atoms with Crippen molar-refractivity contribution in [3.8, 4) is 22.6 Å². The van der Waals surface area contributed by atoms with Gasteiger partial charge < -0.3 is 19.7 Å². The molecular weight excluding hydrogens is 304 g/mol. The summed E-state index contributed by atoms with van der Waals surface area (Å²) in [5.41, 5.74) is 6.65. The Labute approximate surface area is 141 Å². The van der Waals surface area contributed by atoms with Crippen LogP contribution in [0.4, 0.5) is 0 Å². The Balaban J connectivity index is 1.88.